The molecule has 0 radical (unpaired) electrons. The number of imide groups is 1. The van der Waals surface area contributed by atoms with Gasteiger partial charge in [0.2, 0.25) is 5.91 Å². The standard InChI is InChI=1S/C12H20N2O6/c1-3-7-14(8-11(18)20-4-2)12(19)13-9(15)5-6-10(16)17/h3-8H2,1-2H3,(H,16,17)(H,13,15,19). The number of carboxylic acids is 1. The van der Waals surface area contributed by atoms with E-state index in [1.807, 2.05) is 12.2 Å². The van der Waals surface area contributed by atoms with Crippen molar-refractivity contribution >= 4 is 23.9 Å². The summed E-state index contributed by atoms with van der Waals surface area (Å²) in [6.07, 6.45) is -0.0403. The Morgan fingerprint density at radius 2 is 1.80 bits per heavy atom. The first-order chi connectivity index (χ1) is 9.40. The van der Waals surface area contributed by atoms with Crippen LogP contribution < -0.4 is 5.32 Å². The molecule has 3 amide bonds. The van der Waals surface area contributed by atoms with Crippen LogP contribution in [0.1, 0.15) is 33.1 Å². The number of aliphatic carboxylic acids is 1. The molecule has 0 aromatic heterocycles. The van der Waals surface area contributed by atoms with E-state index in [-0.39, 0.29) is 32.5 Å². The maximum absolute atomic E-state index is 11.8. The van der Waals surface area contributed by atoms with Gasteiger partial charge in [-0.15, -0.1) is 0 Å². The number of carboxylic acid groups (broad SMARTS) is 1. The predicted molar refractivity (Wildman–Crippen MR) is 68.9 cm³/mol. The van der Waals surface area contributed by atoms with Gasteiger partial charge in [-0.3, -0.25) is 19.7 Å². The Kier molecular flexibility index (Phi) is 8.73. The zero-order valence-corrected chi connectivity index (χ0v) is 11.7. The van der Waals surface area contributed by atoms with E-state index in [4.69, 9.17) is 9.84 Å². The first-order valence-corrected chi connectivity index (χ1v) is 6.36. The number of hydrogen-bond donors (Lipinski definition) is 2. The Morgan fingerprint density at radius 3 is 2.30 bits per heavy atom. The van der Waals surface area contributed by atoms with Gasteiger partial charge in [0.25, 0.3) is 0 Å². The van der Waals surface area contributed by atoms with E-state index in [1.54, 1.807) is 6.92 Å². The van der Waals surface area contributed by atoms with Crippen LogP contribution in [0.25, 0.3) is 0 Å². The minimum absolute atomic E-state index is 0.206. The van der Waals surface area contributed by atoms with Crippen LogP contribution in [0.5, 0.6) is 0 Å². The molecule has 0 atom stereocenters. The van der Waals surface area contributed by atoms with Crippen molar-refractivity contribution in [3.63, 3.8) is 0 Å². The molecule has 0 spiro atoms. The molecule has 0 aromatic rings. The number of hydrogen-bond acceptors (Lipinski definition) is 5. The van der Waals surface area contributed by atoms with Crippen molar-refractivity contribution in [2.45, 2.75) is 33.1 Å². The number of nitrogens with zero attached hydrogens (tertiary/aromatic N) is 1. The Labute approximate surface area is 117 Å². The zero-order chi connectivity index (χ0) is 15.5. The Hall–Kier alpha value is -2.12. The van der Waals surface area contributed by atoms with Crippen molar-refractivity contribution in [2.24, 2.45) is 0 Å². The first kappa shape index (κ1) is 17.9. The average molecular weight is 288 g/mol. The molecule has 0 unspecified atom stereocenters. The summed E-state index contributed by atoms with van der Waals surface area (Å²) in [7, 11) is 0. The highest BCUT2D eigenvalue weighted by molar-refractivity contribution is 5.96. The van der Waals surface area contributed by atoms with Gasteiger partial charge in [0.05, 0.1) is 13.0 Å². The number of nitrogens with one attached hydrogen (secondary N) is 1. The normalized spacial score (nSPS) is 9.70. The highest BCUT2D eigenvalue weighted by Gasteiger charge is 2.19. The maximum atomic E-state index is 11.8. The molecular weight excluding hydrogens is 268 g/mol. The van der Waals surface area contributed by atoms with Gasteiger partial charge >= 0.3 is 18.0 Å². The number of ether oxygens (including phenoxy) is 1. The number of carbonyl (C=O) groups excluding carboxylic acids is 3. The summed E-state index contributed by atoms with van der Waals surface area (Å²) in [5, 5.41) is 10.5. The van der Waals surface area contributed by atoms with Crippen molar-refractivity contribution in [3.8, 4) is 0 Å². The van der Waals surface area contributed by atoms with Crippen LogP contribution in [-0.4, -0.2) is 53.6 Å². The second kappa shape index (κ2) is 9.76. The summed E-state index contributed by atoms with van der Waals surface area (Å²) in [6.45, 7) is 3.71. The van der Waals surface area contributed by atoms with E-state index in [1.165, 1.54) is 0 Å². The fourth-order valence-corrected chi connectivity index (χ4v) is 1.37. The lowest BCUT2D eigenvalue weighted by Gasteiger charge is -2.20. The van der Waals surface area contributed by atoms with E-state index >= 15 is 0 Å². The SMILES string of the molecule is CCCN(CC(=O)OCC)C(=O)NC(=O)CCC(=O)O. The second-order valence-corrected chi connectivity index (χ2v) is 3.97. The fourth-order valence-electron chi connectivity index (χ4n) is 1.37. The van der Waals surface area contributed by atoms with Gasteiger partial charge in [0.15, 0.2) is 0 Å². The molecular formula is C12H20N2O6. The largest absolute Gasteiger partial charge is 0.481 e. The summed E-state index contributed by atoms with van der Waals surface area (Å²) >= 11 is 0. The molecule has 0 saturated carbocycles. The van der Waals surface area contributed by atoms with Crippen molar-refractivity contribution in [1.29, 1.82) is 0 Å². The van der Waals surface area contributed by atoms with Crippen LogP contribution in [-0.2, 0) is 19.1 Å². The molecule has 0 rings (SSSR count). The fraction of sp³-hybridized carbons (Fsp3) is 0.667. The van der Waals surface area contributed by atoms with Crippen molar-refractivity contribution in [2.75, 3.05) is 19.7 Å². The monoisotopic (exact) mass is 288 g/mol. The quantitative estimate of drug-likeness (QED) is 0.624. The molecule has 0 aromatic carbocycles. The van der Waals surface area contributed by atoms with Gasteiger partial charge in [-0.05, 0) is 13.3 Å². The predicted octanol–water partition coefficient (Wildman–Crippen LogP) is 0.362. The average Bonchev–Trinajstić information content (AvgIpc) is 2.36. The molecule has 2 N–H and O–H groups in total. The number of carbonyl (C=O) groups is 4. The van der Waals surface area contributed by atoms with Crippen LogP contribution in [0.4, 0.5) is 4.79 Å². The van der Waals surface area contributed by atoms with Gasteiger partial charge in [-0.25, -0.2) is 4.79 Å². The maximum Gasteiger partial charge on any atom is 0.325 e. The molecule has 0 aliphatic heterocycles. The van der Waals surface area contributed by atoms with E-state index in [2.05, 4.69) is 0 Å². The summed E-state index contributed by atoms with van der Waals surface area (Å²) in [5.74, 6) is -2.37. The van der Waals surface area contributed by atoms with Crippen molar-refractivity contribution in [1.82, 2.24) is 10.2 Å². The Bertz CT molecular complexity index is 369. The third-order valence-electron chi connectivity index (χ3n) is 2.22. The van der Waals surface area contributed by atoms with Gasteiger partial charge in [0.1, 0.15) is 6.54 Å². The lowest BCUT2D eigenvalue weighted by molar-refractivity contribution is -0.143. The lowest BCUT2D eigenvalue weighted by atomic mass is 10.3. The molecule has 0 saturated heterocycles. The van der Waals surface area contributed by atoms with E-state index < -0.39 is 23.9 Å². The van der Waals surface area contributed by atoms with E-state index in [0.29, 0.717) is 6.42 Å². The molecule has 0 aliphatic rings. The minimum Gasteiger partial charge on any atom is -0.481 e. The van der Waals surface area contributed by atoms with Crippen LogP contribution in [0, 0.1) is 0 Å². The molecule has 0 bridgehead atoms. The van der Waals surface area contributed by atoms with Crippen molar-refractivity contribution in [3.05, 3.63) is 0 Å². The van der Waals surface area contributed by atoms with Gasteiger partial charge in [-0.1, -0.05) is 6.92 Å². The highest BCUT2D eigenvalue weighted by Crippen LogP contribution is 1.96. The third-order valence-corrected chi connectivity index (χ3v) is 2.22. The summed E-state index contributed by atoms with van der Waals surface area (Å²) in [4.78, 5) is 45.9. The van der Waals surface area contributed by atoms with E-state index in [0.717, 1.165) is 4.90 Å². The molecule has 0 aliphatic carbocycles. The Balaban J connectivity index is 4.37. The second-order valence-electron chi connectivity index (χ2n) is 3.97. The molecule has 8 nitrogen and oxygen atoms in total. The van der Waals surface area contributed by atoms with Crippen LogP contribution in [0.3, 0.4) is 0 Å². The Morgan fingerprint density at radius 1 is 1.15 bits per heavy atom. The topological polar surface area (TPSA) is 113 Å². The number of rotatable bonds is 8. The molecule has 20 heavy (non-hydrogen) atoms. The lowest BCUT2D eigenvalue weighted by Crippen LogP contribution is -2.45. The first-order valence-electron chi connectivity index (χ1n) is 6.36. The van der Waals surface area contributed by atoms with Crippen LogP contribution in [0.2, 0.25) is 0 Å². The smallest absolute Gasteiger partial charge is 0.325 e. The minimum atomic E-state index is -1.12. The third kappa shape index (κ3) is 8.06. The highest BCUT2D eigenvalue weighted by atomic mass is 16.5. The number of esters is 1. The van der Waals surface area contributed by atoms with Crippen LogP contribution >= 0.6 is 0 Å². The van der Waals surface area contributed by atoms with Crippen LogP contribution in [0.15, 0.2) is 0 Å². The van der Waals surface area contributed by atoms with Gasteiger partial charge in [0, 0.05) is 13.0 Å². The van der Waals surface area contributed by atoms with E-state index in [9.17, 15) is 19.2 Å². The van der Waals surface area contributed by atoms with Gasteiger partial charge in [-0.2, -0.15) is 0 Å². The molecule has 114 valence electrons. The van der Waals surface area contributed by atoms with Crippen molar-refractivity contribution < 1.29 is 29.0 Å². The summed E-state index contributed by atoms with van der Waals surface area (Å²) < 4.78 is 4.73. The number of amides is 3. The molecule has 0 fully saturated rings. The molecule has 8 heteroatoms. The van der Waals surface area contributed by atoms with Gasteiger partial charge < -0.3 is 14.7 Å². The molecule has 0 heterocycles. The zero-order valence-electron chi connectivity index (χ0n) is 11.7. The summed E-state index contributed by atoms with van der Waals surface area (Å²) in [6, 6.07) is -0.727. The number of urea groups is 1. The summed E-state index contributed by atoms with van der Waals surface area (Å²) in [5.41, 5.74) is 0.